The predicted molar refractivity (Wildman–Crippen MR) is 60.7 cm³/mol. The molecule has 2 rings (SSSR count). The third-order valence-electron chi connectivity index (χ3n) is 3.19. The molecule has 2 heterocycles. The lowest BCUT2D eigenvalue weighted by Gasteiger charge is -2.22. The Morgan fingerprint density at radius 2 is 2.47 bits per heavy atom. The third-order valence-corrected chi connectivity index (χ3v) is 3.19. The lowest BCUT2D eigenvalue weighted by molar-refractivity contribution is 0.248. The molecule has 0 aromatic carbocycles. The monoisotopic (exact) mass is 208 g/mol. The third kappa shape index (κ3) is 2.38. The molecule has 4 heteroatoms. The highest BCUT2D eigenvalue weighted by atomic mass is 15.3. The summed E-state index contributed by atoms with van der Waals surface area (Å²) in [7, 11) is 4.18. The number of nitrogens with one attached hydrogen (secondary N) is 1. The summed E-state index contributed by atoms with van der Waals surface area (Å²) < 4.78 is 1.89. The van der Waals surface area contributed by atoms with Crippen molar-refractivity contribution in [1.29, 1.82) is 0 Å². The minimum Gasteiger partial charge on any atom is -0.315 e. The largest absolute Gasteiger partial charge is 0.315 e. The van der Waals surface area contributed by atoms with E-state index in [0.29, 0.717) is 6.04 Å². The highest BCUT2D eigenvalue weighted by molar-refractivity contribution is 5.15. The Kier molecular flexibility index (Phi) is 3.07. The fraction of sp³-hybridized carbons (Fsp3) is 0.727. The van der Waals surface area contributed by atoms with Crippen LogP contribution in [0.2, 0.25) is 0 Å². The molecular weight excluding hydrogens is 188 g/mol. The van der Waals surface area contributed by atoms with E-state index in [2.05, 4.69) is 35.5 Å². The number of hydrogen-bond donors (Lipinski definition) is 1. The van der Waals surface area contributed by atoms with Crippen LogP contribution in [-0.4, -0.2) is 40.9 Å². The Balaban J connectivity index is 1.98. The van der Waals surface area contributed by atoms with Crippen molar-refractivity contribution in [3.05, 3.63) is 17.5 Å². The molecule has 1 aromatic rings. The van der Waals surface area contributed by atoms with Crippen molar-refractivity contribution in [1.82, 2.24) is 20.0 Å². The van der Waals surface area contributed by atoms with Crippen molar-refractivity contribution in [3.8, 4) is 0 Å². The van der Waals surface area contributed by atoms with Gasteiger partial charge in [-0.15, -0.1) is 0 Å². The summed E-state index contributed by atoms with van der Waals surface area (Å²) in [6, 6.07) is 0.685. The second kappa shape index (κ2) is 4.33. The van der Waals surface area contributed by atoms with E-state index >= 15 is 0 Å². The Morgan fingerprint density at radius 3 is 3.00 bits per heavy atom. The first kappa shape index (κ1) is 10.6. The molecule has 1 aliphatic rings. The first-order valence-electron chi connectivity index (χ1n) is 5.57. The number of nitrogens with zero attached hydrogens (tertiary/aromatic N) is 3. The first-order chi connectivity index (χ1) is 7.16. The number of hydrogen-bond acceptors (Lipinski definition) is 3. The van der Waals surface area contributed by atoms with Crippen LogP contribution < -0.4 is 5.32 Å². The zero-order valence-electron chi connectivity index (χ0n) is 9.82. The molecule has 1 fully saturated rings. The van der Waals surface area contributed by atoms with Crippen molar-refractivity contribution in [2.45, 2.75) is 25.9 Å². The summed E-state index contributed by atoms with van der Waals surface area (Å²) in [6.07, 6.45) is 3.38. The van der Waals surface area contributed by atoms with Gasteiger partial charge >= 0.3 is 0 Å². The predicted octanol–water partition coefficient (Wildman–Crippen LogP) is 0.522. The summed E-state index contributed by atoms with van der Waals surface area (Å²) in [5.41, 5.74) is 2.49. The fourth-order valence-corrected chi connectivity index (χ4v) is 2.22. The minimum atomic E-state index is 0.685. The van der Waals surface area contributed by atoms with Crippen LogP contribution in [0.1, 0.15) is 17.7 Å². The number of aromatic nitrogens is 2. The van der Waals surface area contributed by atoms with Gasteiger partial charge in [-0.1, -0.05) is 0 Å². The number of likely N-dealkylation sites (N-methyl/N-ethyl adjacent to an activating group) is 1. The van der Waals surface area contributed by atoms with Gasteiger partial charge in [0, 0.05) is 37.9 Å². The topological polar surface area (TPSA) is 33.1 Å². The maximum atomic E-state index is 4.37. The highest BCUT2D eigenvalue weighted by Gasteiger charge is 2.19. The SMILES string of the molecule is Cc1nn(C)cc1CN(C)C1CCNC1. The molecule has 0 aliphatic carbocycles. The molecule has 84 valence electrons. The second-order valence-electron chi connectivity index (χ2n) is 4.48. The Morgan fingerprint density at radius 1 is 1.67 bits per heavy atom. The lowest BCUT2D eigenvalue weighted by Crippen LogP contribution is -2.32. The van der Waals surface area contributed by atoms with E-state index in [1.54, 1.807) is 0 Å². The standard InChI is InChI=1S/C11H20N4/c1-9-10(8-15(3)13-9)7-14(2)11-4-5-12-6-11/h8,11-12H,4-7H2,1-3H3. The lowest BCUT2D eigenvalue weighted by atomic mass is 10.2. The van der Waals surface area contributed by atoms with E-state index in [4.69, 9.17) is 0 Å². The Bertz CT molecular complexity index is 325. The van der Waals surface area contributed by atoms with Gasteiger partial charge in [0.25, 0.3) is 0 Å². The minimum absolute atomic E-state index is 0.685. The summed E-state index contributed by atoms with van der Waals surface area (Å²) >= 11 is 0. The zero-order valence-corrected chi connectivity index (χ0v) is 9.82. The molecule has 0 amide bonds. The summed E-state index contributed by atoms with van der Waals surface area (Å²) in [5.74, 6) is 0. The average molecular weight is 208 g/mol. The van der Waals surface area contributed by atoms with Gasteiger partial charge in [-0.2, -0.15) is 5.10 Å². The van der Waals surface area contributed by atoms with Gasteiger partial charge in [-0.25, -0.2) is 0 Å². The molecular formula is C11H20N4. The molecule has 0 bridgehead atoms. The maximum Gasteiger partial charge on any atom is 0.0638 e. The van der Waals surface area contributed by atoms with Gasteiger partial charge in [-0.3, -0.25) is 9.58 Å². The zero-order chi connectivity index (χ0) is 10.8. The number of rotatable bonds is 3. The van der Waals surface area contributed by atoms with Gasteiger partial charge in [0.05, 0.1) is 5.69 Å². The molecule has 1 aliphatic heterocycles. The average Bonchev–Trinajstić information content (AvgIpc) is 2.76. The van der Waals surface area contributed by atoms with Crippen LogP contribution in [0.25, 0.3) is 0 Å². The highest BCUT2D eigenvalue weighted by Crippen LogP contribution is 2.13. The van der Waals surface area contributed by atoms with Crippen LogP contribution in [0.4, 0.5) is 0 Å². The molecule has 1 unspecified atom stereocenters. The van der Waals surface area contributed by atoms with Crippen LogP contribution in [0, 0.1) is 6.92 Å². The smallest absolute Gasteiger partial charge is 0.0638 e. The van der Waals surface area contributed by atoms with E-state index in [1.807, 2.05) is 11.7 Å². The van der Waals surface area contributed by atoms with Crippen LogP contribution >= 0.6 is 0 Å². The maximum absolute atomic E-state index is 4.37. The Labute approximate surface area is 91.3 Å². The quantitative estimate of drug-likeness (QED) is 0.786. The van der Waals surface area contributed by atoms with Gasteiger partial charge in [-0.05, 0) is 26.9 Å². The first-order valence-corrected chi connectivity index (χ1v) is 5.57. The fourth-order valence-electron chi connectivity index (χ4n) is 2.22. The molecule has 0 spiro atoms. The van der Waals surface area contributed by atoms with E-state index in [9.17, 15) is 0 Å². The molecule has 1 saturated heterocycles. The van der Waals surface area contributed by atoms with Crippen LogP contribution in [0.5, 0.6) is 0 Å². The van der Waals surface area contributed by atoms with Crippen molar-refractivity contribution in [2.24, 2.45) is 7.05 Å². The van der Waals surface area contributed by atoms with Crippen molar-refractivity contribution in [3.63, 3.8) is 0 Å². The van der Waals surface area contributed by atoms with Gasteiger partial charge < -0.3 is 5.32 Å². The van der Waals surface area contributed by atoms with E-state index in [-0.39, 0.29) is 0 Å². The van der Waals surface area contributed by atoms with Crippen LogP contribution in [0.15, 0.2) is 6.20 Å². The normalized spacial score (nSPS) is 21.5. The summed E-state index contributed by atoms with van der Waals surface area (Å²) in [6.45, 7) is 5.36. The van der Waals surface area contributed by atoms with Crippen LogP contribution in [-0.2, 0) is 13.6 Å². The van der Waals surface area contributed by atoms with E-state index < -0.39 is 0 Å². The van der Waals surface area contributed by atoms with E-state index in [0.717, 1.165) is 25.3 Å². The van der Waals surface area contributed by atoms with E-state index in [1.165, 1.54) is 12.0 Å². The molecule has 1 aromatic heterocycles. The molecule has 1 N–H and O–H groups in total. The second-order valence-corrected chi connectivity index (χ2v) is 4.48. The van der Waals surface area contributed by atoms with Crippen LogP contribution in [0.3, 0.4) is 0 Å². The number of aryl methyl sites for hydroxylation is 2. The van der Waals surface area contributed by atoms with Gasteiger partial charge in [0.2, 0.25) is 0 Å². The molecule has 0 radical (unpaired) electrons. The molecule has 4 nitrogen and oxygen atoms in total. The summed E-state index contributed by atoms with van der Waals surface area (Å²) in [5, 5.41) is 7.76. The van der Waals surface area contributed by atoms with Gasteiger partial charge in [0.15, 0.2) is 0 Å². The van der Waals surface area contributed by atoms with Crippen molar-refractivity contribution in [2.75, 3.05) is 20.1 Å². The Hall–Kier alpha value is -0.870. The summed E-state index contributed by atoms with van der Waals surface area (Å²) in [4.78, 5) is 2.42. The van der Waals surface area contributed by atoms with Crippen molar-refractivity contribution < 1.29 is 0 Å². The molecule has 0 saturated carbocycles. The molecule has 1 atom stereocenters. The van der Waals surface area contributed by atoms with Gasteiger partial charge in [0.1, 0.15) is 0 Å². The van der Waals surface area contributed by atoms with Crippen molar-refractivity contribution >= 4 is 0 Å². The molecule has 15 heavy (non-hydrogen) atoms.